The van der Waals surface area contributed by atoms with Gasteiger partial charge in [0.1, 0.15) is 6.61 Å². The van der Waals surface area contributed by atoms with Crippen molar-refractivity contribution in [3.63, 3.8) is 0 Å². The SMILES string of the molecule is OCc1nnc(C2CCCC2)o1. The highest BCUT2D eigenvalue weighted by Crippen LogP contribution is 2.32. The first-order valence-corrected chi connectivity index (χ1v) is 4.33. The van der Waals surface area contributed by atoms with Gasteiger partial charge in [0.2, 0.25) is 11.8 Å². The van der Waals surface area contributed by atoms with E-state index < -0.39 is 0 Å². The summed E-state index contributed by atoms with van der Waals surface area (Å²) in [6.45, 7) is -0.153. The predicted octanol–water partition coefficient (Wildman–Crippen LogP) is 1.22. The van der Waals surface area contributed by atoms with Gasteiger partial charge in [0.25, 0.3) is 0 Å². The van der Waals surface area contributed by atoms with E-state index in [4.69, 9.17) is 9.52 Å². The summed E-state index contributed by atoms with van der Waals surface area (Å²) in [4.78, 5) is 0. The van der Waals surface area contributed by atoms with Crippen LogP contribution in [-0.2, 0) is 6.61 Å². The zero-order valence-electron chi connectivity index (χ0n) is 6.86. The van der Waals surface area contributed by atoms with Gasteiger partial charge in [-0.25, -0.2) is 0 Å². The smallest absolute Gasteiger partial charge is 0.241 e. The molecule has 0 atom stereocenters. The van der Waals surface area contributed by atoms with Crippen molar-refractivity contribution in [2.75, 3.05) is 0 Å². The van der Waals surface area contributed by atoms with Crippen LogP contribution in [0.15, 0.2) is 4.42 Å². The topological polar surface area (TPSA) is 59.2 Å². The lowest BCUT2D eigenvalue weighted by atomic mass is 10.1. The normalized spacial score (nSPS) is 18.8. The van der Waals surface area contributed by atoms with Crippen LogP contribution in [0, 0.1) is 0 Å². The second-order valence-corrected chi connectivity index (χ2v) is 3.17. The maximum atomic E-state index is 8.70. The van der Waals surface area contributed by atoms with Gasteiger partial charge in [0, 0.05) is 5.92 Å². The predicted molar refractivity (Wildman–Crippen MR) is 41.4 cm³/mol. The van der Waals surface area contributed by atoms with Crippen molar-refractivity contribution in [3.05, 3.63) is 11.8 Å². The summed E-state index contributed by atoms with van der Waals surface area (Å²) in [5.41, 5.74) is 0. The van der Waals surface area contributed by atoms with Crippen molar-refractivity contribution >= 4 is 0 Å². The van der Waals surface area contributed by atoms with E-state index >= 15 is 0 Å². The minimum atomic E-state index is -0.153. The Bertz CT molecular complexity index is 253. The van der Waals surface area contributed by atoms with Gasteiger partial charge in [-0.15, -0.1) is 10.2 Å². The molecule has 1 aromatic rings. The summed E-state index contributed by atoms with van der Waals surface area (Å²) in [5.74, 6) is 1.48. The number of aliphatic hydroxyl groups is 1. The third-order valence-electron chi connectivity index (χ3n) is 2.32. The third-order valence-corrected chi connectivity index (χ3v) is 2.32. The third kappa shape index (κ3) is 1.34. The van der Waals surface area contributed by atoms with Crippen LogP contribution in [-0.4, -0.2) is 15.3 Å². The lowest BCUT2D eigenvalue weighted by Crippen LogP contribution is -1.91. The number of nitrogens with zero attached hydrogens (tertiary/aromatic N) is 2. The quantitative estimate of drug-likeness (QED) is 0.721. The molecule has 1 aliphatic carbocycles. The van der Waals surface area contributed by atoms with Crippen molar-refractivity contribution in [1.29, 1.82) is 0 Å². The second-order valence-electron chi connectivity index (χ2n) is 3.17. The van der Waals surface area contributed by atoms with Crippen LogP contribution in [0.25, 0.3) is 0 Å². The molecule has 1 aliphatic rings. The molecule has 0 aromatic carbocycles. The highest BCUT2D eigenvalue weighted by atomic mass is 16.4. The Kier molecular flexibility index (Phi) is 2.08. The van der Waals surface area contributed by atoms with E-state index in [0.717, 1.165) is 12.8 Å². The summed E-state index contributed by atoms with van der Waals surface area (Å²) in [6.07, 6.45) is 4.79. The summed E-state index contributed by atoms with van der Waals surface area (Å²) < 4.78 is 5.24. The largest absolute Gasteiger partial charge is 0.422 e. The Morgan fingerprint density at radius 3 is 2.67 bits per heavy atom. The average Bonchev–Trinajstić information content (AvgIpc) is 2.75. The van der Waals surface area contributed by atoms with Gasteiger partial charge in [-0.3, -0.25) is 0 Å². The zero-order chi connectivity index (χ0) is 8.39. The highest BCUT2D eigenvalue weighted by molar-refractivity contribution is 4.93. The summed E-state index contributed by atoms with van der Waals surface area (Å²) in [6, 6.07) is 0. The molecule has 0 saturated heterocycles. The van der Waals surface area contributed by atoms with Gasteiger partial charge in [0.15, 0.2) is 0 Å². The maximum absolute atomic E-state index is 8.70. The molecule has 0 spiro atoms. The number of aliphatic hydroxyl groups excluding tert-OH is 1. The number of hydrogen-bond donors (Lipinski definition) is 1. The standard InChI is InChI=1S/C8H12N2O2/c11-5-7-9-10-8(12-7)6-3-1-2-4-6/h6,11H,1-5H2. The molecule has 4 heteroatoms. The van der Waals surface area contributed by atoms with Crippen molar-refractivity contribution in [1.82, 2.24) is 10.2 Å². The number of hydrogen-bond acceptors (Lipinski definition) is 4. The van der Waals surface area contributed by atoms with Crippen molar-refractivity contribution in [2.45, 2.75) is 38.2 Å². The molecule has 1 N–H and O–H groups in total. The Morgan fingerprint density at radius 2 is 2.08 bits per heavy atom. The number of rotatable bonds is 2. The van der Waals surface area contributed by atoms with E-state index in [1.165, 1.54) is 12.8 Å². The Labute approximate surface area is 70.6 Å². The van der Waals surface area contributed by atoms with E-state index in [1.54, 1.807) is 0 Å². The minimum Gasteiger partial charge on any atom is -0.422 e. The van der Waals surface area contributed by atoms with E-state index in [2.05, 4.69) is 10.2 Å². The van der Waals surface area contributed by atoms with E-state index in [-0.39, 0.29) is 6.61 Å². The van der Waals surface area contributed by atoms with Gasteiger partial charge in [0.05, 0.1) is 0 Å². The Hall–Kier alpha value is -0.900. The molecule has 0 aliphatic heterocycles. The van der Waals surface area contributed by atoms with Crippen LogP contribution in [0.3, 0.4) is 0 Å². The fourth-order valence-electron chi connectivity index (χ4n) is 1.67. The Balaban J connectivity index is 2.11. The lowest BCUT2D eigenvalue weighted by Gasteiger charge is -1.99. The minimum absolute atomic E-state index is 0.153. The molecule has 0 radical (unpaired) electrons. The van der Waals surface area contributed by atoms with Crippen LogP contribution in [0.5, 0.6) is 0 Å². The van der Waals surface area contributed by atoms with Gasteiger partial charge in [-0.2, -0.15) is 0 Å². The summed E-state index contributed by atoms with van der Waals surface area (Å²) in [5, 5.41) is 16.3. The van der Waals surface area contributed by atoms with E-state index in [0.29, 0.717) is 17.7 Å². The van der Waals surface area contributed by atoms with Crippen LogP contribution < -0.4 is 0 Å². The van der Waals surface area contributed by atoms with Gasteiger partial charge < -0.3 is 9.52 Å². The molecule has 66 valence electrons. The van der Waals surface area contributed by atoms with Gasteiger partial charge in [-0.1, -0.05) is 12.8 Å². The van der Waals surface area contributed by atoms with Crippen LogP contribution in [0.2, 0.25) is 0 Å². The molecular weight excluding hydrogens is 156 g/mol. The van der Waals surface area contributed by atoms with Crippen LogP contribution in [0.1, 0.15) is 43.4 Å². The van der Waals surface area contributed by atoms with E-state index in [9.17, 15) is 0 Å². The van der Waals surface area contributed by atoms with Crippen molar-refractivity contribution < 1.29 is 9.52 Å². The van der Waals surface area contributed by atoms with Crippen LogP contribution >= 0.6 is 0 Å². The van der Waals surface area contributed by atoms with Gasteiger partial charge in [-0.05, 0) is 12.8 Å². The molecule has 0 bridgehead atoms. The molecular formula is C8H12N2O2. The second kappa shape index (κ2) is 3.23. The Morgan fingerprint density at radius 1 is 1.33 bits per heavy atom. The molecule has 4 nitrogen and oxygen atoms in total. The molecule has 1 aromatic heterocycles. The van der Waals surface area contributed by atoms with Gasteiger partial charge >= 0.3 is 0 Å². The molecule has 1 heterocycles. The first kappa shape index (κ1) is 7.73. The zero-order valence-corrected chi connectivity index (χ0v) is 6.86. The van der Waals surface area contributed by atoms with Crippen LogP contribution in [0.4, 0.5) is 0 Å². The molecule has 1 saturated carbocycles. The summed E-state index contributed by atoms with van der Waals surface area (Å²) in [7, 11) is 0. The maximum Gasteiger partial charge on any atom is 0.241 e. The fraction of sp³-hybridized carbons (Fsp3) is 0.750. The average molecular weight is 168 g/mol. The highest BCUT2D eigenvalue weighted by Gasteiger charge is 2.22. The summed E-state index contributed by atoms with van der Waals surface area (Å²) >= 11 is 0. The molecule has 2 rings (SSSR count). The lowest BCUT2D eigenvalue weighted by molar-refractivity contribution is 0.234. The van der Waals surface area contributed by atoms with Crippen molar-refractivity contribution in [3.8, 4) is 0 Å². The monoisotopic (exact) mass is 168 g/mol. The molecule has 1 fully saturated rings. The fourth-order valence-corrected chi connectivity index (χ4v) is 1.67. The number of aromatic nitrogens is 2. The molecule has 0 amide bonds. The first-order valence-electron chi connectivity index (χ1n) is 4.33. The van der Waals surface area contributed by atoms with Crippen molar-refractivity contribution in [2.24, 2.45) is 0 Å². The first-order chi connectivity index (χ1) is 5.90. The molecule has 12 heavy (non-hydrogen) atoms. The van der Waals surface area contributed by atoms with E-state index in [1.807, 2.05) is 0 Å². The molecule has 0 unspecified atom stereocenters.